The van der Waals surface area contributed by atoms with E-state index in [0.29, 0.717) is 23.2 Å². The third-order valence-electron chi connectivity index (χ3n) is 3.06. The van der Waals surface area contributed by atoms with E-state index < -0.39 is 5.92 Å². The van der Waals surface area contributed by atoms with Gasteiger partial charge in [-0.25, -0.2) is 0 Å². The summed E-state index contributed by atoms with van der Waals surface area (Å²) in [7, 11) is 0. The van der Waals surface area contributed by atoms with Crippen molar-refractivity contribution in [2.45, 2.75) is 6.92 Å². The van der Waals surface area contributed by atoms with E-state index in [-0.39, 0.29) is 11.8 Å². The number of carbonyl (C=O) groups excluding carboxylic acids is 3. The number of benzene rings is 2. The minimum absolute atomic E-state index is 0.231. The summed E-state index contributed by atoms with van der Waals surface area (Å²) >= 11 is 0. The Balaban J connectivity index is 2.01. The van der Waals surface area contributed by atoms with Crippen LogP contribution < -0.4 is 10.6 Å². The fourth-order valence-electron chi connectivity index (χ4n) is 1.75. The van der Waals surface area contributed by atoms with E-state index in [2.05, 4.69) is 10.6 Å². The van der Waals surface area contributed by atoms with Crippen molar-refractivity contribution in [3.8, 4) is 0 Å². The predicted molar refractivity (Wildman–Crippen MR) is 84.7 cm³/mol. The van der Waals surface area contributed by atoms with Crippen molar-refractivity contribution in [2.75, 3.05) is 10.6 Å². The second-order valence-electron chi connectivity index (χ2n) is 4.81. The summed E-state index contributed by atoms with van der Waals surface area (Å²) in [5.41, 5.74) is 1.73. The molecule has 0 aliphatic carbocycles. The molecule has 0 spiro atoms. The first-order valence-electron chi connectivity index (χ1n) is 6.83. The van der Waals surface area contributed by atoms with Crippen molar-refractivity contribution in [2.24, 2.45) is 5.92 Å². The van der Waals surface area contributed by atoms with E-state index in [0.717, 1.165) is 0 Å². The van der Waals surface area contributed by atoms with Crippen LogP contribution in [-0.2, 0) is 9.59 Å². The highest BCUT2D eigenvalue weighted by Gasteiger charge is 2.12. The molecule has 2 aromatic rings. The van der Waals surface area contributed by atoms with Gasteiger partial charge in [0.25, 0.3) is 5.91 Å². The molecule has 5 heteroatoms. The zero-order valence-electron chi connectivity index (χ0n) is 12.1. The molecule has 22 heavy (non-hydrogen) atoms. The molecule has 1 unspecified atom stereocenters. The molecule has 0 heterocycles. The van der Waals surface area contributed by atoms with Crippen LogP contribution >= 0.6 is 0 Å². The molecule has 0 saturated carbocycles. The lowest BCUT2D eigenvalue weighted by atomic mass is 10.1. The number of hydrogen-bond acceptors (Lipinski definition) is 3. The Kier molecular flexibility index (Phi) is 5.03. The van der Waals surface area contributed by atoms with Crippen LogP contribution in [0.2, 0.25) is 0 Å². The molecule has 1 atom stereocenters. The summed E-state index contributed by atoms with van der Waals surface area (Å²) in [5.74, 6) is -1.32. The van der Waals surface area contributed by atoms with Gasteiger partial charge in [0.15, 0.2) is 0 Å². The van der Waals surface area contributed by atoms with Crippen LogP contribution in [0, 0.1) is 5.92 Å². The smallest absolute Gasteiger partial charge is 0.255 e. The lowest BCUT2D eigenvalue weighted by Crippen LogP contribution is -2.21. The summed E-state index contributed by atoms with van der Waals surface area (Å²) in [4.78, 5) is 34.2. The molecular weight excluding hydrogens is 280 g/mol. The number of aldehydes is 1. The predicted octanol–water partition coefficient (Wildman–Crippen LogP) is 2.71. The van der Waals surface area contributed by atoms with Gasteiger partial charge in [0.1, 0.15) is 6.29 Å². The van der Waals surface area contributed by atoms with Gasteiger partial charge in [-0.1, -0.05) is 18.2 Å². The number of amides is 2. The Morgan fingerprint density at radius 3 is 2.09 bits per heavy atom. The first-order chi connectivity index (χ1) is 10.6. The van der Waals surface area contributed by atoms with Crippen molar-refractivity contribution in [3.63, 3.8) is 0 Å². The number of nitrogens with one attached hydrogen (secondary N) is 2. The molecule has 2 aromatic carbocycles. The molecule has 0 aromatic heterocycles. The lowest BCUT2D eigenvalue weighted by Gasteiger charge is -2.08. The Morgan fingerprint density at radius 2 is 1.50 bits per heavy atom. The quantitative estimate of drug-likeness (QED) is 0.658. The van der Waals surface area contributed by atoms with E-state index in [1.54, 1.807) is 36.4 Å². The fourth-order valence-corrected chi connectivity index (χ4v) is 1.75. The SMILES string of the molecule is CC(C=O)C(=O)Nc1ccc(C(=O)Nc2ccccc2)cc1. The fraction of sp³-hybridized carbons (Fsp3) is 0.118. The van der Waals surface area contributed by atoms with Gasteiger partial charge in [-0.05, 0) is 43.3 Å². The van der Waals surface area contributed by atoms with Gasteiger partial charge in [-0.3, -0.25) is 9.59 Å². The van der Waals surface area contributed by atoms with Gasteiger partial charge in [0.05, 0.1) is 5.92 Å². The molecule has 5 nitrogen and oxygen atoms in total. The van der Waals surface area contributed by atoms with Crippen LogP contribution in [0.4, 0.5) is 11.4 Å². The lowest BCUT2D eigenvalue weighted by molar-refractivity contribution is -0.124. The molecular formula is C17H16N2O3. The third-order valence-corrected chi connectivity index (χ3v) is 3.06. The highest BCUT2D eigenvalue weighted by Crippen LogP contribution is 2.13. The highest BCUT2D eigenvalue weighted by molar-refractivity contribution is 6.05. The summed E-state index contributed by atoms with van der Waals surface area (Å²) in [6.07, 6.45) is 0.580. The molecule has 0 aliphatic rings. The van der Waals surface area contributed by atoms with Crippen molar-refractivity contribution < 1.29 is 14.4 Å². The molecule has 2 N–H and O–H groups in total. The van der Waals surface area contributed by atoms with Gasteiger partial charge in [-0.2, -0.15) is 0 Å². The van der Waals surface area contributed by atoms with Crippen LogP contribution in [0.15, 0.2) is 54.6 Å². The normalized spacial score (nSPS) is 11.3. The molecule has 0 saturated heterocycles. The average molecular weight is 296 g/mol. The summed E-state index contributed by atoms with van der Waals surface area (Å²) in [5, 5.41) is 5.38. The molecule has 2 amide bonds. The maximum absolute atomic E-state index is 12.1. The summed E-state index contributed by atoms with van der Waals surface area (Å²) in [6.45, 7) is 1.52. The molecule has 0 radical (unpaired) electrons. The maximum Gasteiger partial charge on any atom is 0.255 e. The van der Waals surface area contributed by atoms with Gasteiger partial charge >= 0.3 is 0 Å². The van der Waals surface area contributed by atoms with Gasteiger partial charge in [0, 0.05) is 16.9 Å². The second kappa shape index (κ2) is 7.17. The van der Waals surface area contributed by atoms with Crippen molar-refractivity contribution in [1.29, 1.82) is 0 Å². The zero-order chi connectivity index (χ0) is 15.9. The molecule has 0 aliphatic heterocycles. The van der Waals surface area contributed by atoms with Crippen molar-refractivity contribution >= 4 is 29.5 Å². The number of anilines is 2. The van der Waals surface area contributed by atoms with Gasteiger partial charge in [0.2, 0.25) is 5.91 Å². The highest BCUT2D eigenvalue weighted by atomic mass is 16.2. The van der Waals surface area contributed by atoms with Crippen LogP contribution in [-0.4, -0.2) is 18.1 Å². The maximum atomic E-state index is 12.1. The van der Waals surface area contributed by atoms with Crippen LogP contribution in [0.5, 0.6) is 0 Å². The Hall–Kier alpha value is -2.95. The van der Waals surface area contributed by atoms with Crippen molar-refractivity contribution in [3.05, 3.63) is 60.2 Å². The number of hydrogen-bond donors (Lipinski definition) is 2. The Bertz CT molecular complexity index is 666. The third kappa shape index (κ3) is 4.02. The van der Waals surface area contributed by atoms with Crippen LogP contribution in [0.1, 0.15) is 17.3 Å². The van der Waals surface area contributed by atoms with E-state index >= 15 is 0 Å². The minimum atomic E-state index is -0.707. The van der Waals surface area contributed by atoms with Gasteiger partial charge < -0.3 is 15.4 Å². The van der Waals surface area contributed by atoms with Crippen LogP contribution in [0.3, 0.4) is 0 Å². The Morgan fingerprint density at radius 1 is 0.909 bits per heavy atom. The standard InChI is InChI=1S/C17H16N2O3/c1-12(11-20)16(21)18-15-9-7-13(8-10-15)17(22)19-14-5-3-2-4-6-14/h2-12H,1H3,(H,18,21)(H,19,22). The minimum Gasteiger partial charge on any atom is -0.325 e. The molecule has 2 rings (SSSR count). The number of rotatable bonds is 5. The monoisotopic (exact) mass is 296 g/mol. The zero-order valence-corrected chi connectivity index (χ0v) is 12.1. The largest absolute Gasteiger partial charge is 0.325 e. The Labute approximate surface area is 128 Å². The number of para-hydroxylation sites is 1. The summed E-state index contributed by atoms with van der Waals surface area (Å²) in [6, 6.07) is 15.6. The van der Waals surface area contributed by atoms with E-state index in [4.69, 9.17) is 0 Å². The van der Waals surface area contributed by atoms with Gasteiger partial charge in [-0.15, -0.1) is 0 Å². The van der Waals surface area contributed by atoms with E-state index in [1.165, 1.54) is 6.92 Å². The summed E-state index contributed by atoms with van der Waals surface area (Å²) < 4.78 is 0. The molecule has 112 valence electrons. The average Bonchev–Trinajstić information content (AvgIpc) is 2.55. The molecule has 0 fully saturated rings. The first-order valence-corrected chi connectivity index (χ1v) is 6.83. The number of carbonyl (C=O) groups is 3. The first kappa shape index (κ1) is 15.4. The molecule has 0 bridgehead atoms. The van der Waals surface area contributed by atoms with E-state index in [1.807, 2.05) is 18.2 Å². The van der Waals surface area contributed by atoms with Crippen molar-refractivity contribution in [1.82, 2.24) is 0 Å². The second-order valence-corrected chi connectivity index (χ2v) is 4.81. The van der Waals surface area contributed by atoms with Crippen LogP contribution in [0.25, 0.3) is 0 Å². The van der Waals surface area contributed by atoms with E-state index in [9.17, 15) is 14.4 Å². The topological polar surface area (TPSA) is 75.3 Å².